The van der Waals surface area contributed by atoms with Crippen LogP contribution in [-0.4, -0.2) is 58.3 Å². The van der Waals surface area contributed by atoms with Crippen molar-refractivity contribution in [2.24, 2.45) is 5.92 Å². The summed E-state index contributed by atoms with van der Waals surface area (Å²) in [6.45, 7) is 8.23. The molecule has 3 N–H and O–H groups in total. The standard InChI is InChI=1S/C20H32BrN7O3/c1-4-5-10-27(11-8-6-7-9-23-20(30)31)19(29)26-28(14-15(2)3)18-16(21)13-24-17(12-22)25-18/h13,15,23H,4-11,14H2,1-3H3,(H,26,29)(H,30,31). The minimum Gasteiger partial charge on any atom is -0.465 e. The zero-order valence-corrected chi connectivity index (χ0v) is 20.0. The third-order valence-corrected chi connectivity index (χ3v) is 4.87. The predicted octanol–water partition coefficient (Wildman–Crippen LogP) is 3.74. The Morgan fingerprint density at radius 3 is 2.58 bits per heavy atom. The third-order valence-electron chi connectivity index (χ3n) is 4.31. The number of nitrogens with zero attached hydrogens (tertiary/aromatic N) is 5. The lowest BCUT2D eigenvalue weighted by Gasteiger charge is -2.31. The molecule has 0 spiro atoms. The van der Waals surface area contributed by atoms with Crippen LogP contribution in [0.3, 0.4) is 0 Å². The number of amides is 3. The molecule has 31 heavy (non-hydrogen) atoms. The van der Waals surface area contributed by atoms with Gasteiger partial charge in [-0.25, -0.2) is 20.0 Å². The highest BCUT2D eigenvalue weighted by Gasteiger charge is 2.21. The van der Waals surface area contributed by atoms with Crippen molar-refractivity contribution >= 4 is 33.9 Å². The Hall–Kier alpha value is -2.61. The van der Waals surface area contributed by atoms with Gasteiger partial charge in [-0.1, -0.05) is 27.2 Å². The van der Waals surface area contributed by atoms with Crippen molar-refractivity contribution in [3.8, 4) is 6.07 Å². The summed E-state index contributed by atoms with van der Waals surface area (Å²) in [4.78, 5) is 33.5. The van der Waals surface area contributed by atoms with Gasteiger partial charge in [0.1, 0.15) is 6.07 Å². The second-order valence-electron chi connectivity index (χ2n) is 7.53. The highest BCUT2D eigenvalue weighted by molar-refractivity contribution is 9.10. The minimum atomic E-state index is -1.02. The molecular formula is C20H32BrN7O3. The molecule has 0 aliphatic heterocycles. The Balaban J connectivity index is 2.83. The largest absolute Gasteiger partial charge is 0.465 e. The Labute approximate surface area is 192 Å². The summed E-state index contributed by atoms with van der Waals surface area (Å²) in [5.41, 5.74) is 2.93. The second kappa shape index (κ2) is 14.4. The van der Waals surface area contributed by atoms with E-state index in [9.17, 15) is 9.59 Å². The van der Waals surface area contributed by atoms with E-state index in [1.807, 2.05) is 19.9 Å². The van der Waals surface area contributed by atoms with Gasteiger partial charge in [0.05, 0.1) is 4.47 Å². The molecule has 0 saturated heterocycles. The normalized spacial score (nSPS) is 10.5. The lowest BCUT2D eigenvalue weighted by molar-refractivity contribution is 0.193. The maximum absolute atomic E-state index is 13.0. The fourth-order valence-electron chi connectivity index (χ4n) is 2.80. The molecule has 0 radical (unpaired) electrons. The minimum absolute atomic E-state index is 0.0269. The molecule has 1 aromatic rings. The van der Waals surface area contributed by atoms with Gasteiger partial charge in [-0.15, -0.1) is 0 Å². The number of unbranched alkanes of at least 4 members (excludes halogenated alkanes) is 3. The van der Waals surface area contributed by atoms with Gasteiger partial charge in [-0.3, -0.25) is 5.01 Å². The van der Waals surface area contributed by atoms with E-state index >= 15 is 0 Å². The van der Waals surface area contributed by atoms with E-state index < -0.39 is 6.09 Å². The lowest BCUT2D eigenvalue weighted by atomic mass is 10.2. The maximum Gasteiger partial charge on any atom is 0.404 e. The van der Waals surface area contributed by atoms with Crippen LogP contribution in [0.4, 0.5) is 15.4 Å². The summed E-state index contributed by atoms with van der Waals surface area (Å²) in [6, 6.07) is 1.69. The molecule has 0 aliphatic rings. The summed E-state index contributed by atoms with van der Waals surface area (Å²) in [6.07, 6.45) is 4.64. The number of anilines is 1. The van der Waals surface area contributed by atoms with Crippen LogP contribution in [0.1, 0.15) is 58.7 Å². The number of rotatable bonds is 13. The van der Waals surface area contributed by atoms with Gasteiger partial charge in [0, 0.05) is 32.4 Å². The molecule has 0 aromatic carbocycles. The number of hydrogen-bond acceptors (Lipinski definition) is 6. The van der Waals surface area contributed by atoms with Crippen LogP contribution < -0.4 is 15.8 Å². The molecule has 0 aliphatic carbocycles. The SMILES string of the molecule is CCCCN(CCCCCNC(=O)O)C(=O)NN(CC(C)C)c1nc(C#N)ncc1Br. The van der Waals surface area contributed by atoms with Crippen LogP contribution in [-0.2, 0) is 0 Å². The molecule has 0 saturated carbocycles. The van der Waals surface area contributed by atoms with Crippen LogP contribution in [0.15, 0.2) is 10.7 Å². The summed E-state index contributed by atoms with van der Waals surface area (Å²) in [5, 5.41) is 21.7. The molecule has 1 heterocycles. The average molecular weight is 498 g/mol. The third kappa shape index (κ3) is 10.3. The van der Waals surface area contributed by atoms with Crippen LogP contribution in [0.5, 0.6) is 0 Å². The highest BCUT2D eigenvalue weighted by atomic mass is 79.9. The van der Waals surface area contributed by atoms with Gasteiger partial charge in [0.25, 0.3) is 0 Å². The van der Waals surface area contributed by atoms with E-state index in [2.05, 4.69) is 43.6 Å². The highest BCUT2D eigenvalue weighted by Crippen LogP contribution is 2.23. The number of nitrogens with one attached hydrogen (secondary N) is 2. The fraction of sp³-hybridized carbons (Fsp3) is 0.650. The van der Waals surface area contributed by atoms with Gasteiger partial charge < -0.3 is 15.3 Å². The Morgan fingerprint density at radius 2 is 1.97 bits per heavy atom. The van der Waals surface area contributed by atoms with Crippen molar-refractivity contribution in [1.82, 2.24) is 25.6 Å². The van der Waals surface area contributed by atoms with Crippen molar-refractivity contribution in [1.29, 1.82) is 5.26 Å². The van der Waals surface area contributed by atoms with Gasteiger partial charge in [0.15, 0.2) is 5.82 Å². The van der Waals surface area contributed by atoms with Crippen LogP contribution in [0, 0.1) is 17.2 Å². The smallest absolute Gasteiger partial charge is 0.404 e. The first-order valence-corrected chi connectivity index (χ1v) is 11.3. The van der Waals surface area contributed by atoms with E-state index in [1.54, 1.807) is 9.91 Å². The summed E-state index contributed by atoms with van der Waals surface area (Å²) in [5.74, 6) is 0.696. The lowest BCUT2D eigenvalue weighted by Crippen LogP contribution is -2.51. The van der Waals surface area contributed by atoms with E-state index in [-0.39, 0.29) is 17.8 Å². The molecule has 0 fully saturated rings. The first-order chi connectivity index (χ1) is 14.8. The monoisotopic (exact) mass is 497 g/mol. The van der Waals surface area contributed by atoms with Crippen LogP contribution in [0.25, 0.3) is 0 Å². The Bertz CT molecular complexity index is 755. The topological polar surface area (TPSA) is 134 Å². The number of carbonyl (C=O) groups is 2. The molecule has 0 unspecified atom stereocenters. The number of aromatic nitrogens is 2. The Kier molecular flexibility index (Phi) is 12.3. The van der Waals surface area contributed by atoms with Crippen molar-refractivity contribution < 1.29 is 14.7 Å². The summed E-state index contributed by atoms with van der Waals surface area (Å²) >= 11 is 3.41. The Morgan fingerprint density at radius 1 is 1.26 bits per heavy atom. The number of urea groups is 1. The summed E-state index contributed by atoms with van der Waals surface area (Å²) < 4.78 is 0.582. The quantitative estimate of drug-likeness (QED) is 0.279. The van der Waals surface area contributed by atoms with E-state index in [0.29, 0.717) is 36.5 Å². The molecule has 10 nitrogen and oxygen atoms in total. The molecule has 1 rings (SSSR count). The molecular weight excluding hydrogens is 466 g/mol. The first-order valence-electron chi connectivity index (χ1n) is 10.5. The van der Waals surface area contributed by atoms with Crippen LogP contribution in [0.2, 0.25) is 0 Å². The summed E-state index contributed by atoms with van der Waals surface area (Å²) in [7, 11) is 0. The van der Waals surface area contributed by atoms with Gasteiger partial charge >= 0.3 is 12.1 Å². The van der Waals surface area contributed by atoms with Crippen molar-refractivity contribution in [3.63, 3.8) is 0 Å². The van der Waals surface area contributed by atoms with E-state index in [4.69, 9.17) is 10.4 Å². The van der Waals surface area contributed by atoms with Crippen molar-refractivity contribution in [2.75, 3.05) is 31.2 Å². The van der Waals surface area contributed by atoms with Crippen LogP contribution >= 0.6 is 15.9 Å². The molecule has 0 atom stereocenters. The van der Waals surface area contributed by atoms with Gasteiger partial charge in [0.2, 0.25) is 5.82 Å². The van der Waals surface area contributed by atoms with E-state index in [1.165, 1.54) is 6.20 Å². The predicted molar refractivity (Wildman–Crippen MR) is 122 cm³/mol. The molecule has 11 heteroatoms. The molecule has 1 aromatic heterocycles. The zero-order chi connectivity index (χ0) is 23.2. The van der Waals surface area contributed by atoms with Gasteiger partial charge in [-0.2, -0.15) is 10.2 Å². The number of hydrogen-bond donors (Lipinski definition) is 3. The molecule has 3 amide bonds. The number of hydrazine groups is 1. The maximum atomic E-state index is 13.0. The second-order valence-corrected chi connectivity index (χ2v) is 8.39. The average Bonchev–Trinajstić information content (AvgIpc) is 2.71. The van der Waals surface area contributed by atoms with Gasteiger partial charge in [-0.05, 0) is 47.5 Å². The zero-order valence-electron chi connectivity index (χ0n) is 18.4. The first kappa shape index (κ1) is 26.4. The molecule has 0 bridgehead atoms. The number of carboxylic acid groups (broad SMARTS) is 1. The van der Waals surface area contributed by atoms with Crippen molar-refractivity contribution in [2.45, 2.75) is 52.9 Å². The van der Waals surface area contributed by atoms with E-state index in [0.717, 1.165) is 32.1 Å². The molecule has 172 valence electrons. The number of nitriles is 1. The van der Waals surface area contributed by atoms with Crippen molar-refractivity contribution in [3.05, 3.63) is 16.5 Å². The number of halogens is 1. The number of carbonyl (C=O) groups excluding carboxylic acids is 1. The fourth-order valence-corrected chi connectivity index (χ4v) is 3.21.